The van der Waals surface area contributed by atoms with Crippen LogP contribution in [0, 0.1) is 5.92 Å². The van der Waals surface area contributed by atoms with Crippen molar-refractivity contribution < 1.29 is 0 Å². The maximum absolute atomic E-state index is 2.62. The Hall–Kier alpha value is -0.260. The summed E-state index contributed by atoms with van der Waals surface area (Å²) in [5.74, 6) is 0.971. The largest absolute Gasteiger partial charge is 0.0851 e. The maximum atomic E-state index is 2.62. The van der Waals surface area contributed by atoms with Gasteiger partial charge in [0.1, 0.15) is 0 Å². The van der Waals surface area contributed by atoms with Gasteiger partial charge in [-0.15, -0.1) is 0 Å². The van der Waals surface area contributed by atoms with Crippen LogP contribution in [0.15, 0.2) is 11.6 Å². The van der Waals surface area contributed by atoms with Gasteiger partial charge in [-0.25, -0.2) is 0 Å². The van der Waals surface area contributed by atoms with E-state index in [0.29, 0.717) is 0 Å². The van der Waals surface area contributed by atoms with Crippen LogP contribution in [0.25, 0.3) is 0 Å². The fourth-order valence-corrected chi connectivity index (χ4v) is 3.41. The second-order valence-corrected chi connectivity index (χ2v) is 5.77. The summed E-state index contributed by atoms with van der Waals surface area (Å²) in [6, 6.07) is 0. The molecular weight excluding hydrogens is 192 g/mol. The van der Waals surface area contributed by atoms with Gasteiger partial charge in [0.05, 0.1) is 0 Å². The molecule has 2 aliphatic rings. The summed E-state index contributed by atoms with van der Waals surface area (Å²) < 4.78 is 0. The molecule has 0 spiro atoms. The molecule has 0 radical (unpaired) electrons. The predicted octanol–water partition coefficient (Wildman–Crippen LogP) is 5.63. The predicted molar refractivity (Wildman–Crippen MR) is 71.6 cm³/mol. The van der Waals surface area contributed by atoms with Crippen molar-refractivity contribution in [3.63, 3.8) is 0 Å². The molecule has 0 saturated heterocycles. The zero-order valence-electron chi connectivity index (χ0n) is 10.8. The maximum Gasteiger partial charge on any atom is -0.0203 e. The summed E-state index contributed by atoms with van der Waals surface area (Å²) in [5.41, 5.74) is 1.85. The van der Waals surface area contributed by atoms with E-state index in [-0.39, 0.29) is 0 Å². The van der Waals surface area contributed by atoms with Gasteiger partial charge in [0.2, 0.25) is 0 Å². The Morgan fingerprint density at radius 2 is 1.31 bits per heavy atom. The third-order valence-electron chi connectivity index (χ3n) is 4.46. The smallest absolute Gasteiger partial charge is 0.0203 e. The molecule has 0 N–H and O–H groups in total. The molecule has 0 heterocycles. The van der Waals surface area contributed by atoms with Crippen LogP contribution in [-0.4, -0.2) is 0 Å². The number of hydrogen-bond donors (Lipinski definition) is 0. The Morgan fingerprint density at radius 3 is 2.12 bits per heavy atom. The fraction of sp³-hybridized carbons (Fsp3) is 0.875. The lowest BCUT2D eigenvalue weighted by atomic mass is 9.82. The molecule has 16 heavy (non-hydrogen) atoms. The minimum absolute atomic E-state index is 0.971. The first-order chi connectivity index (χ1) is 7.97. The van der Waals surface area contributed by atoms with Crippen LogP contribution in [0.4, 0.5) is 0 Å². The van der Waals surface area contributed by atoms with Gasteiger partial charge in [0.15, 0.2) is 0 Å². The van der Waals surface area contributed by atoms with Crippen molar-refractivity contribution in [2.24, 2.45) is 5.92 Å². The van der Waals surface area contributed by atoms with Crippen LogP contribution in [0.3, 0.4) is 0 Å². The molecule has 0 aromatic rings. The molecule has 0 nitrogen and oxygen atoms in total. The van der Waals surface area contributed by atoms with E-state index in [0.717, 1.165) is 5.92 Å². The summed E-state index contributed by atoms with van der Waals surface area (Å²) >= 11 is 0. The lowest BCUT2D eigenvalue weighted by molar-refractivity contribution is 0.406. The van der Waals surface area contributed by atoms with Crippen LogP contribution in [0.1, 0.15) is 83.5 Å². The molecule has 0 atom stereocenters. The highest BCUT2D eigenvalue weighted by molar-refractivity contribution is 5.08. The standard InChI is InChI=1S/C16H28/c1-3-7-11-15(12-8-4-1)16-13-9-5-2-6-10-14-16/h11,16H,1-10,12-14H2. The van der Waals surface area contributed by atoms with E-state index in [9.17, 15) is 0 Å². The van der Waals surface area contributed by atoms with Crippen molar-refractivity contribution in [2.45, 2.75) is 83.5 Å². The lowest BCUT2D eigenvalue weighted by Gasteiger charge is -2.24. The van der Waals surface area contributed by atoms with E-state index >= 15 is 0 Å². The van der Waals surface area contributed by atoms with Gasteiger partial charge in [0.25, 0.3) is 0 Å². The Labute approximate surface area is 102 Å². The van der Waals surface area contributed by atoms with Crippen LogP contribution < -0.4 is 0 Å². The average Bonchev–Trinajstić information content (AvgIpc) is 2.18. The molecule has 0 unspecified atom stereocenters. The molecular formula is C16H28. The Balaban J connectivity index is 1.90. The third kappa shape index (κ3) is 3.96. The highest BCUT2D eigenvalue weighted by Crippen LogP contribution is 2.32. The highest BCUT2D eigenvalue weighted by Gasteiger charge is 2.16. The van der Waals surface area contributed by atoms with E-state index in [1.54, 1.807) is 0 Å². The zero-order chi connectivity index (χ0) is 11.1. The van der Waals surface area contributed by atoms with Crippen molar-refractivity contribution in [1.29, 1.82) is 0 Å². The van der Waals surface area contributed by atoms with Crippen LogP contribution in [-0.2, 0) is 0 Å². The minimum Gasteiger partial charge on any atom is -0.0851 e. The minimum atomic E-state index is 0.971. The molecule has 1 fully saturated rings. The molecule has 0 amide bonds. The zero-order valence-corrected chi connectivity index (χ0v) is 10.8. The van der Waals surface area contributed by atoms with Gasteiger partial charge in [-0.05, 0) is 44.4 Å². The summed E-state index contributed by atoms with van der Waals surface area (Å²) in [7, 11) is 0. The van der Waals surface area contributed by atoms with Gasteiger partial charge in [-0.1, -0.05) is 56.6 Å². The molecule has 0 heteroatoms. The Bertz CT molecular complexity index is 206. The molecule has 2 aliphatic carbocycles. The van der Waals surface area contributed by atoms with Crippen molar-refractivity contribution in [3.8, 4) is 0 Å². The van der Waals surface area contributed by atoms with Gasteiger partial charge >= 0.3 is 0 Å². The number of rotatable bonds is 1. The first kappa shape index (κ1) is 12.2. The molecule has 92 valence electrons. The molecule has 0 aliphatic heterocycles. The van der Waals surface area contributed by atoms with Gasteiger partial charge < -0.3 is 0 Å². The molecule has 0 bridgehead atoms. The molecule has 0 aromatic carbocycles. The quantitative estimate of drug-likeness (QED) is 0.502. The SMILES string of the molecule is C1=C(C2CCCCCCC2)CCCCCC1. The fourth-order valence-electron chi connectivity index (χ4n) is 3.41. The van der Waals surface area contributed by atoms with Crippen molar-refractivity contribution in [3.05, 3.63) is 11.6 Å². The van der Waals surface area contributed by atoms with E-state index in [1.165, 1.54) is 83.5 Å². The first-order valence-electron chi connectivity index (χ1n) is 7.66. The normalized spacial score (nSPS) is 26.1. The number of hydrogen-bond acceptors (Lipinski definition) is 0. The highest BCUT2D eigenvalue weighted by atomic mass is 14.2. The second-order valence-electron chi connectivity index (χ2n) is 5.77. The summed E-state index contributed by atoms with van der Waals surface area (Å²) in [5, 5.41) is 0. The van der Waals surface area contributed by atoms with E-state index in [4.69, 9.17) is 0 Å². The molecule has 2 rings (SSSR count). The van der Waals surface area contributed by atoms with Gasteiger partial charge in [-0.3, -0.25) is 0 Å². The molecule has 0 aromatic heterocycles. The van der Waals surface area contributed by atoms with Crippen molar-refractivity contribution in [2.75, 3.05) is 0 Å². The van der Waals surface area contributed by atoms with E-state index in [1.807, 2.05) is 5.57 Å². The van der Waals surface area contributed by atoms with Crippen LogP contribution >= 0.6 is 0 Å². The monoisotopic (exact) mass is 220 g/mol. The summed E-state index contributed by atoms with van der Waals surface area (Å²) in [6.07, 6.45) is 21.7. The van der Waals surface area contributed by atoms with Crippen molar-refractivity contribution >= 4 is 0 Å². The summed E-state index contributed by atoms with van der Waals surface area (Å²) in [6.45, 7) is 0. The van der Waals surface area contributed by atoms with Crippen LogP contribution in [0.2, 0.25) is 0 Å². The number of allylic oxidation sites excluding steroid dienone is 2. The van der Waals surface area contributed by atoms with Crippen LogP contribution in [0.5, 0.6) is 0 Å². The topological polar surface area (TPSA) is 0 Å². The van der Waals surface area contributed by atoms with Crippen molar-refractivity contribution in [1.82, 2.24) is 0 Å². The third-order valence-corrected chi connectivity index (χ3v) is 4.46. The Morgan fingerprint density at radius 1 is 0.688 bits per heavy atom. The van der Waals surface area contributed by atoms with E-state index < -0.39 is 0 Å². The van der Waals surface area contributed by atoms with E-state index in [2.05, 4.69) is 6.08 Å². The van der Waals surface area contributed by atoms with Gasteiger partial charge in [0, 0.05) is 0 Å². The Kier molecular flexibility index (Phi) is 5.45. The first-order valence-corrected chi connectivity index (χ1v) is 7.66. The average molecular weight is 220 g/mol. The lowest BCUT2D eigenvalue weighted by Crippen LogP contribution is -2.08. The van der Waals surface area contributed by atoms with Gasteiger partial charge in [-0.2, -0.15) is 0 Å². The summed E-state index contributed by atoms with van der Waals surface area (Å²) in [4.78, 5) is 0. The second kappa shape index (κ2) is 7.14. The molecule has 1 saturated carbocycles.